The molecule has 3 heteroatoms. The van der Waals surface area contributed by atoms with Crippen LogP contribution in [-0.2, 0) is 7.05 Å². The van der Waals surface area contributed by atoms with Crippen LogP contribution in [0.1, 0.15) is 50.8 Å². The fourth-order valence-electron chi connectivity index (χ4n) is 2.19. The lowest BCUT2D eigenvalue weighted by molar-refractivity contribution is 0.728. The third-order valence-corrected chi connectivity index (χ3v) is 3.49. The lowest BCUT2D eigenvalue weighted by Crippen LogP contribution is -1.93. The second-order valence-electron chi connectivity index (χ2n) is 5.21. The average molecular weight is 251 g/mol. The van der Waals surface area contributed by atoms with E-state index in [4.69, 9.17) is 11.6 Å². The van der Waals surface area contributed by atoms with Crippen molar-refractivity contribution in [1.82, 2.24) is 9.78 Å². The number of hydrogen-bond acceptors (Lipinski definition) is 1. The summed E-state index contributed by atoms with van der Waals surface area (Å²) in [5.74, 6) is 0.851. The second kappa shape index (κ2) is 4.34. The van der Waals surface area contributed by atoms with E-state index >= 15 is 0 Å². The molecule has 0 bridgehead atoms. The number of aryl methyl sites for hydroxylation is 1. The van der Waals surface area contributed by atoms with E-state index in [1.807, 2.05) is 11.7 Å². The molecule has 1 heterocycles. The van der Waals surface area contributed by atoms with Crippen molar-refractivity contribution in [2.75, 3.05) is 0 Å². The van der Waals surface area contributed by atoms with Crippen molar-refractivity contribution in [2.24, 2.45) is 7.05 Å². The molecule has 92 valence electrons. The topological polar surface area (TPSA) is 17.8 Å². The fraction of sp³-hybridized carbons (Fsp3) is 0.500. The highest BCUT2D eigenvalue weighted by Crippen LogP contribution is 2.32. The molecule has 1 aromatic heterocycles. The Balaban J connectivity index is 2.76. The molecule has 0 radical (unpaired) electrons. The zero-order valence-electron chi connectivity index (χ0n) is 11.1. The van der Waals surface area contributed by atoms with Gasteiger partial charge < -0.3 is 0 Å². The maximum atomic E-state index is 6.35. The van der Waals surface area contributed by atoms with Gasteiger partial charge >= 0.3 is 0 Å². The molecule has 2 rings (SSSR count). The standard InChI is InChI=1S/C14H19ClN2/c1-8(2)10-7-13-11(6-12(10)15)14(9(3)4)16-17(13)5/h6-9H,1-5H3. The quantitative estimate of drug-likeness (QED) is 0.769. The maximum Gasteiger partial charge on any atom is 0.0729 e. The molecule has 2 aromatic rings. The molecule has 0 aliphatic heterocycles. The van der Waals surface area contributed by atoms with Crippen LogP contribution in [-0.4, -0.2) is 9.78 Å². The van der Waals surface area contributed by atoms with E-state index in [2.05, 4.69) is 44.9 Å². The number of rotatable bonds is 2. The molecule has 0 amide bonds. The van der Waals surface area contributed by atoms with Crippen molar-refractivity contribution in [3.63, 3.8) is 0 Å². The summed E-state index contributed by atoms with van der Waals surface area (Å²) >= 11 is 6.35. The van der Waals surface area contributed by atoms with Crippen LogP contribution in [0, 0.1) is 0 Å². The largest absolute Gasteiger partial charge is 0.268 e. The second-order valence-corrected chi connectivity index (χ2v) is 5.62. The fourth-order valence-corrected chi connectivity index (χ4v) is 2.57. The Morgan fingerprint density at radius 1 is 1.12 bits per heavy atom. The highest BCUT2D eigenvalue weighted by molar-refractivity contribution is 6.32. The minimum atomic E-state index is 0.416. The number of benzene rings is 1. The summed E-state index contributed by atoms with van der Waals surface area (Å²) in [6.45, 7) is 8.64. The number of halogens is 1. The minimum absolute atomic E-state index is 0.416. The number of fused-ring (bicyclic) bond motifs is 1. The van der Waals surface area contributed by atoms with E-state index in [0.29, 0.717) is 11.8 Å². The smallest absolute Gasteiger partial charge is 0.0729 e. The van der Waals surface area contributed by atoms with Gasteiger partial charge in [0.2, 0.25) is 0 Å². The predicted molar refractivity (Wildman–Crippen MR) is 73.9 cm³/mol. The van der Waals surface area contributed by atoms with E-state index in [1.54, 1.807) is 0 Å². The van der Waals surface area contributed by atoms with E-state index in [9.17, 15) is 0 Å². The van der Waals surface area contributed by atoms with Crippen molar-refractivity contribution in [1.29, 1.82) is 0 Å². The Bertz CT molecular complexity index is 553. The summed E-state index contributed by atoms with van der Waals surface area (Å²) in [7, 11) is 1.99. The first kappa shape index (κ1) is 12.4. The third-order valence-electron chi connectivity index (χ3n) is 3.17. The van der Waals surface area contributed by atoms with Gasteiger partial charge in [0.25, 0.3) is 0 Å². The van der Waals surface area contributed by atoms with Gasteiger partial charge in [-0.2, -0.15) is 5.10 Å². The summed E-state index contributed by atoms with van der Waals surface area (Å²) in [5.41, 5.74) is 3.49. The van der Waals surface area contributed by atoms with Crippen LogP contribution in [0.2, 0.25) is 5.02 Å². The number of hydrogen-bond donors (Lipinski definition) is 0. The molecule has 0 spiro atoms. The number of aromatic nitrogens is 2. The van der Waals surface area contributed by atoms with Crippen molar-refractivity contribution >= 4 is 22.5 Å². The highest BCUT2D eigenvalue weighted by Gasteiger charge is 2.15. The Hall–Kier alpha value is -1.02. The molecule has 1 aromatic carbocycles. The van der Waals surface area contributed by atoms with Crippen LogP contribution in [0.4, 0.5) is 0 Å². The SMILES string of the molecule is CC(C)c1cc2c(cc1Cl)c(C(C)C)nn2C. The summed E-state index contributed by atoms with van der Waals surface area (Å²) < 4.78 is 1.95. The normalized spacial score (nSPS) is 12.0. The molecule has 0 fully saturated rings. The Morgan fingerprint density at radius 3 is 2.29 bits per heavy atom. The van der Waals surface area contributed by atoms with Gasteiger partial charge in [0.1, 0.15) is 0 Å². The van der Waals surface area contributed by atoms with Crippen LogP contribution in [0.3, 0.4) is 0 Å². The summed E-state index contributed by atoms with van der Waals surface area (Å²) in [4.78, 5) is 0. The van der Waals surface area contributed by atoms with Crippen LogP contribution in [0.5, 0.6) is 0 Å². The molecular formula is C14H19ClN2. The first-order chi connectivity index (χ1) is 7.91. The van der Waals surface area contributed by atoms with Crippen molar-refractivity contribution in [3.8, 4) is 0 Å². The van der Waals surface area contributed by atoms with Crippen LogP contribution in [0.15, 0.2) is 12.1 Å². The summed E-state index contributed by atoms with van der Waals surface area (Å²) in [6.07, 6.45) is 0. The zero-order valence-corrected chi connectivity index (χ0v) is 11.8. The van der Waals surface area contributed by atoms with Crippen molar-refractivity contribution in [2.45, 2.75) is 39.5 Å². The van der Waals surface area contributed by atoms with Crippen LogP contribution >= 0.6 is 11.6 Å². The van der Waals surface area contributed by atoms with Gasteiger partial charge in [0.15, 0.2) is 0 Å². The maximum absolute atomic E-state index is 6.35. The molecule has 0 atom stereocenters. The predicted octanol–water partition coefficient (Wildman–Crippen LogP) is 4.47. The lowest BCUT2D eigenvalue weighted by Gasteiger charge is -2.09. The van der Waals surface area contributed by atoms with Crippen LogP contribution < -0.4 is 0 Å². The average Bonchev–Trinajstić information content (AvgIpc) is 2.54. The molecule has 0 saturated heterocycles. The van der Waals surface area contributed by atoms with Gasteiger partial charge in [-0.15, -0.1) is 0 Å². The van der Waals surface area contributed by atoms with Gasteiger partial charge in [-0.05, 0) is 29.5 Å². The molecule has 17 heavy (non-hydrogen) atoms. The van der Waals surface area contributed by atoms with Crippen LogP contribution in [0.25, 0.3) is 10.9 Å². The molecule has 0 saturated carbocycles. The van der Waals surface area contributed by atoms with E-state index in [0.717, 1.165) is 10.7 Å². The van der Waals surface area contributed by atoms with Gasteiger partial charge in [-0.3, -0.25) is 4.68 Å². The lowest BCUT2D eigenvalue weighted by atomic mass is 9.99. The van der Waals surface area contributed by atoms with E-state index < -0.39 is 0 Å². The van der Waals surface area contributed by atoms with Gasteiger partial charge in [-0.25, -0.2) is 0 Å². The molecule has 2 nitrogen and oxygen atoms in total. The third kappa shape index (κ3) is 2.06. The monoisotopic (exact) mass is 250 g/mol. The first-order valence-electron chi connectivity index (χ1n) is 6.07. The molecule has 0 N–H and O–H groups in total. The molecular weight excluding hydrogens is 232 g/mol. The van der Waals surface area contributed by atoms with E-state index in [1.165, 1.54) is 16.5 Å². The molecule has 0 aliphatic rings. The van der Waals surface area contributed by atoms with Gasteiger partial charge in [0, 0.05) is 17.5 Å². The first-order valence-corrected chi connectivity index (χ1v) is 6.45. The van der Waals surface area contributed by atoms with Gasteiger partial charge in [-0.1, -0.05) is 39.3 Å². The van der Waals surface area contributed by atoms with Crippen molar-refractivity contribution < 1.29 is 0 Å². The highest BCUT2D eigenvalue weighted by atomic mass is 35.5. The van der Waals surface area contributed by atoms with Crippen molar-refractivity contribution in [3.05, 3.63) is 28.4 Å². The number of nitrogens with zero attached hydrogens (tertiary/aromatic N) is 2. The summed E-state index contributed by atoms with van der Waals surface area (Å²) in [5, 5.41) is 6.62. The minimum Gasteiger partial charge on any atom is -0.268 e. The van der Waals surface area contributed by atoms with Gasteiger partial charge in [0.05, 0.1) is 11.2 Å². The Morgan fingerprint density at radius 2 is 1.76 bits per heavy atom. The molecule has 0 unspecified atom stereocenters. The summed E-state index contributed by atoms with van der Waals surface area (Å²) in [6, 6.07) is 4.23. The zero-order chi connectivity index (χ0) is 12.7. The Kier molecular flexibility index (Phi) is 3.17. The van der Waals surface area contributed by atoms with E-state index in [-0.39, 0.29) is 0 Å². The molecule has 0 aliphatic carbocycles. The Labute approximate surface area is 108 Å².